The second-order valence-corrected chi connectivity index (χ2v) is 10.8. The fourth-order valence-electron chi connectivity index (χ4n) is 5.61. The van der Waals surface area contributed by atoms with E-state index in [0.29, 0.717) is 19.6 Å². The molecule has 4 aromatic rings. The van der Waals surface area contributed by atoms with Crippen molar-refractivity contribution in [2.75, 3.05) is 18.0 Å². The summed E-state index contributed by atoms with van der Waals surface area (Å²) < 4.78 is 0.234. The Kier molecular flexibility index (Phi) is 9.49. The Balaban J connectivity index is 1.52. The molecule has 1 heterocycles. The van der Waals surface area contributed by atoms with Gasteiger partial charge in [-0.25, -0.2) is 4.79 Å². The number of hydrogen-bond donors (Lipinski definition) is 1. The average Bonchev–Trinajstić information content (AvgIpc) is 2.98. The van der Waals surface area contributed by atoms with Gasteiger partial charge < -0.3 is 10.2 Å². The Morgan fingerprint density at radius 2 is 1.18 bits per heavy atom. The van der Waals surface area contributed by atoms with E-state index in [4.69, 9.17) is 4.84 Å². The first-order chi connectivity index (χ1) is 19.7. The van der Waals surface area contributed by atoms with Gasteiger partial charge in [0.15, 0.2) is 0 Å². The molecule has 0 aromatic heterocycles. The standard InChI is InChI=1S/C35H39N3O2/c39-35-36-24-14-1-2-15-25-38(40-35,28-32-20-10-5-11-21-32)29-33-22-12-13-23-34(33)37(26-30-16-6-3-7-17-30)27-31-18-8-4-9-19-31/h3-13,16-23H,1-2,14-15,24-29H2/p+1. The number of benzene rings is 4. The van der Waals surface area contributed by atoms with Gasteiger partial charge in [0.05, 0.1) is 0 Å². The van der Waals surface area contributed by atoms with Gasteiger partial charge in [-0.05, 0) is 30.0 Å². The van der Waals surface area contributed by atoms with E-state index in [1.54, 1.807) is 0 Å². The summed E-state index contributed by atoms with van der Waals surface area (Å²) in [7, 11) is 0. The fourth-order valence-corrected chi connectivity index (χ4v) is 5.61. The highest BCUT2D eigenvalue weighted by molar-refractivity contribution is 5.66. The number of anilines is 1. The third kappa shape index (κ3) is 7.73. The van der Waals surface area contributed by atoms with Crippen LogP contribution in [0.4, 0.5) is 10.5 Å². The van der Waals surface area contributed by atoms with Crippen molar-refractivity contribution >= 4 is 11.8 Å². The number of quaternary nitrogens is 1. The Morgan fingerprint density at radius 1 is 0.625 bits per heavy atom. The molecule has 1 saturated heterocycles. The van der Waals surface area contributed by atoms with E-state index in [0.717, 1.165) is 50.9 Å². The molecule has 4 aromatic carbocycles. The van der Waals surface area contributed by atoms with Crippen LogP contribution < -0.4 is 10.2 Å². The molecular formula is C35H40N3O2+. The fraction of sp³-hybridized carbons (Fsp3) is 0.286. The normalized spacial score (nSPS) is 17.9. The van der Waals surface area contributed by atoms with Crippen molar-refractivity contribution in [1.82, 2.24) is 5.32 Å². The molecule has 0 spiro atoms. The van der Waals surface area contributed by atoms with Crippen LogP contribution in [0, 0.1) is 0 Å². The van der Waals surface area contributed by atoms with Crippen molar-refractivity contribution in [2.24, 2.45) is 0 Å². The summed E-state index contributed by atoms with van der Waals surface area (Å²) in [4.78, 5) is 21.8. The first kappa shape index (κ1) is 27.5. The van der Waals surface area contributed by atoms with Crippen LogP contribution in [0.1, 0.15) is 47.9 Å². The van der Waals surface area contributed by atoms with Crippen molar-refractivity contribution in [2.45, 2.75) is 51.9 Å². The van der Waals surface area contributed by atoms with Crippen molar-refractivity contribution in [3.63, 3.8) is 0 Å². The minimum atomic E-state index is -0.333. The van der Waals surface area contributed by atoms with E-state index in [1.165, 1.54) is 22.4 Å². The van der Waals surface area contributed by atoms with Crippen LogP contribution in [0.3, 0.4) is 0 Å². The quantitative estimate of drug-likeness (QED) is 0.225. The molecule has 0 saturated carbocycles. The van der Waals surface area contributed by atoms with Crippen LogP contribution >= 0.6 is 0 Å². The van der Waals surface area contributed by atoms with Crippen LogP contribution in [0.2, 0.25) is 0 Å². The second-order valence-electron chi connectivity index (χ2n) is 10.8. The lowest BCUT2D eigenvalue weighted by molar-refractivity contribution is -1.11. The van der Waals surface area contributed by atoms with Gasteiger partial charge in [0, 0.05) is 42.9 Å². The van der Waals surface area contributed by atoms with Crippen LogP contribution in [-0.2, 0) is 31.0 Å². The third-order valence-corrected chi connectivity index (χ3v) is 7.58. The summed E-state index contributed by atoms with van der Waals surface area (Å²) in [6, 6.07) is 40.3. The highest BCUT2D eigenvalue weighted by atomic mass is 16.8. The van der Waals surface area contributed by atoms with E-state index in [2.05, 4.69) is 119 Å². The van der Waals surface area contributed by atoms with Gasteiger partial charge in [0.1, 0.15) is 19.6 Å². The zero-order valence-corrected chi connectivity index (χ0v) is 23.3. The number of nitrogens with one attached hydrogen (secondary N) is 1. The minimum Gasteiger partial charge on any atom is -0.362 e. The smallest absolute Gasteiger partial charge is 0.362 e. The highest BCUT2D eigenvalue weighted by Crippen LogP contribution is 2.31. The molecule has 0 radical (unpaired) electrons. The molecule has 1 atom stereocenters. The molecule has 1 aliphatic rings. The van der Waals surface area contributed by atoms with Gasteiger partial charge in [-0.1, -0.05) is 116 Å². The van der Waals surface area contributed by atoms with Crippen molar-refractivity contribution in [1.29, 1.82) is 0 Å². The first-order valence-corrected chi connectivity index (χ1v) is 14.5. The van der Waals surface area contributed by atoms with E-state index in [-0.39, 0.29) is 10.7 Å². The molecule has 1 amide bonds. The zero-order valence-electron chi connectivity index (χ0n) is 23.3. The largest absolute Gasteiger partial charge is 0.461 e. The zero-order chi connectivity index (χ0) is 27.5. The number of rotatable bonds is 9. The lowest BCUT2D eigenvalue weighted by Crippen LogP contribution is -2.51. The summed E-state index contributed by atoms with van der Waals surface area (Å²) in [5.74, 6) is 0. The Morgan fingerprint density at radius 3 is 1.82 bits per heavy atom. The SMILES string of the molecule is O=C1NCCCCCC[N+](Cc2ccccc2)(Cc2ccccc2N(Cc2ccccc2)Cc2ccccc2)O1. The number of hydrogen-bond acceptors (Lipinski definition) is 3. The first-order valence-electron chi connectivity index (χ1n) is 14.5. The summed E-state index contributed by atoms with van der Waals surface area (Å²) >= 11 is 0. The van der Waals surface area contributed by atoms with E-state index in [1.807, 2.05) is 6.07 Å². The summed E-state index contributed by atoms with van der Waals surface area (Å²) in [5, 5.41) is 2.99. The predicted molar refractivity (Wildman–Crippen MR) is 161 cm³/mol. The number of hydroxylamine groups is 3. The molecule has 5 heteroatoms. The number of amides is 1. The van der Waals surface area contributed by atoms with Crippen LogP contribution in [0.25, 0.3) is 0 Å². The maximum atomic E-state index is 13.0. The molecule has 0 bridgehead atoms. The summed E-state index contributed by atoms with van der Waals surface area (Å²) in [5.41, 5.74) is 6.03. The monoisotopic (exact) mass is 534 g/mol. The molecule has 0 aliphatic carbocycles. The van der Waals surface area contributed by atoms with Crippen LogP contribution in [0.15, 0.2) is 115 Å². The number of nitrogens with zero attached hydrogens (tertiary/aromatic N) is 2. The number of carbonyl (C=O) groups excluding carboxylic acids is 1. The lowest BCUT2D eigenvalue weighted by atomic mass is 10.1. The van der Waals surface area contributed by atoms with Gasteiger partial charge in [-0.15, -0.1) is 4.65 Å². The molecule has 206 valence electrons. The van der Waals surface area contributed by atoms with E-state index < -0.39 is 0 Å². The molecule has 5 nitrogen and oxygen atoms in total. The van der Waals surface area contributed by atoms with Crippen LogP contribution in [-0.4, -0.2) is 23.8 Å². The lowest BCUT2D eigenvalue weighted by Gasteiger charge is -2.36. The second kappa shape index (κ2) is 13.8. The third-order valence-electron chi connectivity index (χ3n) is 7.58. The average molecular weight is 535 g/mol. The topological polar surface area (TPSA) is 41.6 Å². The maximum Gasteiger partial charge on any atom is 0.461 e. The van der Waals surface area contributed by atoms with Gasteiger partial charge in [-0.2, -0.15) is 0 Å². The summed E-state index contributed by atoms with van der Waals surface area (Å²) in [6.45, 7) is 4.22. The van der Waals surface area contributed by atoms with E-state index >= 15 is 0 Å². The molecule has 1 aliphatic heterocycles. The Labute approximate surface area is 238 Å². The molecule has 1 unspecified atom stereocenters. The summed E-state index contributed by atoms with van der Waals surface area (Å²) in [6.07, 6.45) is 3.92. The highest BCUT2D eigenvalue weighted by Gasteiger charge is 2.36. The molecular weight excluding hydrogens is 494 g/mol. The number of para-hydroxylation sites is 1. The maximum absolute atomic E-state index is 13.0. The minimum absolute atomic E-state index is 0.234. The Hall–Kier alpha value is -4.09. The van der Waals surface area contributed by atoms with Gasteiger partial charge in [-0.3, -0.25) is 4.84 Å². The van der Waals surface area contributed by atoms with Gasteiger partial charge in [0.25, 0.3) is 0 Å². The Bertz CT molecular complexity index is 1290. The predicted octanol–water partition coefficient (Wildman–Crippen LogP) is 7.63. The molecule has 1 fully saturated rings. The molecule has 1 N–H and O–H groups in total. The van der Waals surface area contributed by atoms with E-state index in [9.17, 15) is 4.79 Å². The van der Waals surface area contributed by atoms with Gasteiger partial charge in [0.2, 0.25) is 0 Å². The van der Waals surface area contributed by atoms with Crippen molar-refractivity contribution in [3.8, 4) is 0 Å². The van der Waals surface area contributed by atoms with Crippen LogP contribution in [0.5, 0.6) is 0 Å². The van der Waals surface area contributed by atoms with Gasteiger partial charge >= 0.3 is 6.09 Å². The van der Waals surface area contributed by atoms with Crippen molar-refractivity contribution < 1.29 is 14.3 Å². The molecule has 5 rings (SSSR count). The molecule has 40 heavy (non-hydrogen) atoms. The number of carbonyl (C=O) groups is 1. The van der Waals surface area contributed by atoms with Crippen molar-refractivity contribution in [3.05, 3.63) is 138 Å².